The lowest BCUT2D eigenvalue weighted by atomic mass is 10.2. The Bertz CT molecular complexity index is 1290. The molecule has 0 radical (unpaired) electrons. The number of phenolic OH excluding ortho intramolecular Hbond substituents is 1. The molecule has 0 saturated carbocycles. The molecule has 190 valence electrons. The Morgan fingerprint density at radius 2 is 1.67 bits per heavy atom. The van der Waals surface area contributed by atoms with Crippen molar-refractivity contribution in [2.75, 3.05) is 18.7 Å². The Kier molecular flexibility index (Phi) is 7.99. The molecule has 8 N–H and O–H groups in total. The minimum absolute atomic E-state index is 0.0508. The zero-order valence-corrected chi connectivity index (χ0v) is 18.3. The maximum Gasteiger partial charge on any atom is 0.263 e. The van der Waals surface area contributed by atoms with E-state index in [1.807, 2.05) is 0 Å². The highest BCUT2D eigenvalue weighted by Crippen LogP contribution is 2.40. The van der Waals surface area contributed by atoms with Crippen molar-refractivity contribution in [1.29, 1.82) is 10.8 Å². The van der Waals surface area contributed by atoms with Crippen LogP contribution >= 0.6 is 0 Å². The quantitative estimate of drug-likeness (QED) is 0.136. The number of aromatic nitrogens is 1. The highest BCUT2D eigenvalue weighted by Gasteiger charge is 2.28. The Morgan fingerprint density at radius 3 is 2.28 bits per heavy atom. The summed E-state index contributed by atoms with van der Waals surface area (Å²) in [6.45, 7) is -2.80. The van der Waals surface area contributed by atoms with E-state index in [2.05, 4.69) is 10.3 Å². The standard InChI is InChI=1S/C22H20F4N6O4/c23-8-13(9-24)34-18-16(25)20(35-12-3-1-2-11(7-12)31-22(29)30)32-21(17(18)26)36-15-6-10(19(27)28)4-5-14(15)33/h1-7,13,33H,8-9H2,(H3,27,28)(H4,29,30,31). The van der Waals surface area contributed by atoms with Crippen molar-refractivity contribution < 1.29 is 36.9 Å². The molecule has 0 amide bonds. The van der Waals surface area contributed by atoms with Gasteiger partial charge >= 0.3 is 0 Å². The first kappa shape index (κ1) is 25.9. The van der Waals surface area contributed by atoms with Crippen LogP contribution in [0.2, 0.25) is 0 Å². The third kappa shape index (κ3) is 6.02. The van der Waals surface area contributed by atoms with Crippen LogP contribution < -0.4 is 31.0 Å². The van der Waals surface area contributed by atoms with Gasteiger partial charge in [-0.15, -0.1) is 0 Å². The van der Waals surface area contributed by atoms with Gasteiger partial charge in [-0.3, -0.25) is 10.8 Å². The van der Waals surface area contributed by atoms with Gasteiger partial charge in [0.05, 0.1) is 0 Å². The molecule has 14 heteroatoms. The molecule has 1 aromatic heterocycles. The van der Waals surface area contributed by atoms with Crippen LogP contribution in [-0.2, 0) is 0 Å². The van der Waals surface area contributed by atoms with E-state index in [-0.39, 0.29) is 23.0 Å². The van der Waals surface area contributed by atoms with Gasteiger partial charge in [0.25, 0.3) is 11.8 Å². The molecule has 3 aromatic rings. The maximum atomic E-state index is 15.1. The first-order valence-electron chi connectivity index (χ1n) is 10.0. The van der Waals surface area contributed by atoms with Crippen molar-refractivity contribution in [3.8, 4) is 34.8 Å². The first-order valence-corrected chi connectivity index (χ1v) is 10.0. The highest BCUT2D eigenvalue weighted by molar-refractivity contribution is 5.95. The number of guanidine groups is 1. The van der Waals surface area contributed by atoms with E-state index in [1.165, 1.54) is 30.3 Å². The average molecular weight is 508 g/mol. The van der Waals surface area contributed by atoms with Gasteiger partial charge in [0.2, 0.25) is 17.4 Å². The molecule has 1 heterocycles. The summed E-state index contributed by atoms with van der Waals surface area (Å²) in [6, 6.07) is 9.14. The van der Waals surface area contributed by atoms with Gasteiger partial charge in [0, 0.05) is 17.3 Å². The molecule has 10 nitrogen and oxygen atoms in total. The summed E-state index contributed by atoms with van der Waals surface area (Å²) in [5.74, 6) is -7.99. The maximum absolute atomic E-state index is 15.1. The van der Waals surface area contributed by atoms with Crippen molar-refractivity contribution >= 4 is 17.5 Å². The number of hydrogen-bond donors (Lipinski definition) is 6. The summed E-state index contributed by atoms with van der Waals surface area (Å²) in [7, 11) is 0. The van der Waals surface area contributed by atoms with E-state index in [1.54, 1.807) is 0 Å². The molecule has 0 fully saturated rings. The second-order valence-corrected chi connectivity index (χ2v) is 7.09. The number of amidine groups is 1. The number of phenols is 1. The Labute approximate surface area is 201 Å². The average Bonchev–Trinajstić information content (AvgIpc) is 2.83. The van der Waals surface area contributed by atoms with Crippen LogP contribution in [0.15, 0.2) is 42.5 Å². The SMILES string of the molecule is N=C(N)Nc1cccc(Oc2nc(Oc3cc(C(=N)N)ccc3O)c(F)c(OC(CF)CF)c2F)c1. The number of halogens is 4. The Balaban J connectivity index is 2.08. The number of nitrogens with one attached hydrogen (secondary N) is 3. The van der Waals surface area contributed by atoms with Crippen LogP contribution in [-0.4, -0.2) is 41.3 Å². The van der Waals surface area contributed by atoms with Crippen LogP contribution in [0.5, 0.6) is 34.8 Å². The van der Waals surface area contributed by atoms with E-state index in [0.29, 0.717) is 0 Å². The molecule has 0 aliphatic rings. The molecule has 3 rings (SSSR count). The number of nitrogen functional groups attached to an aromatic ring is 1. The molecule has 0 atom stereocenters. The largest absolute Gasteiger partial charge is 0.504 e. The Hall–Kier alpha value is -4.75. The van der Waals surface area contributed by atoms with Gasteiger partial charge in [0.15, 0.2) is 23.6 Å². The smallest absolute Gasteiger partial charge is 0.263 e. The zero-order chi connectivity index (χ0) is 26.4. The molecule has 0 saturated heterocycles. The minimum Gasteiger partial charge on any atom is -0.504 e. The van der Waals surface area contributed by atoms with E-state index in [0.717, 1.165) is 12.1 Å². The fourth-order valence-electron chi connectivity index (χ4n) is 2.76. The summed E-state index contributed by atoms with van der Waals surface area (Å²) in [5, 5.41) is 27.3. The topological polar surface area (TPSA) is 173 Å². The van der Waals surface area contributed by atoms with Gasteiger partial charge < -0.3 is 36.1 Å². The van der Waals surface area contributed by atoms with E-state index < -0.39 is 65.9 Å². The fourth-order valence-corrected chi connectivity index (χ4v) is 2.76. The molecule has 0 spiro atoms. The normalized spacial score (nSPS) is 10.7. The minimum atomic E-state index is -1.84. The van der Waals surface area contributed by atoms with Crippen molar-refractivity contribution in [3.05, 3.63) is 59.7 Å². The lowest BCUT2D eigenvalue weighted by Gasteiger charge is -2.18. The Morgan fingerprint density at radius 1 is 1.00 bits per heavy atom. The second-order valence-electron chi connectivity index (χ2n) is 7.09. The summed E-state index contributed by atoms with van der Waals surface area (Å²) in [5.41, 5.74) is 11.1. The lowest BCUT2D eigenvalue weighted by Crippen LogP contribution is -2.23. The van der Waals surface area contributed by atoms with Crippen molar-refractivity contribution in [2.24, 2.45) is 11.5 Å². The van der Waals surface area contributed by atoms with Gasteiger partial charge in [0.1, 0.15) is 24.9 Å². The molecular formula is C22H20F4N6O4. The van der Waals surface area contributed by atoms with Crippen LogP contribution in [0.25, 0.3) is 0 Å². The number of rotatable bonds is 10. The van der Waals surface area contributed by atoms with Gasteiger partial charge in [-0.1, -0.05) is 6.07 Å². The van der Waals surface area contributed by atoms with Crippen LogP contribution in [0, 0.1) is 22.5 Å². The van der Waals surface area contributed by atoms with E-state index in [4.69, 9.17) is 36.5 Å². The monoisotopic (exact) mass is 508 g/mol. The molecule has 0 aliphatic carbocycles. The predicted molar refractivity (Wildman–Crippen MR) is 122 cm³/mol. The summed E-state index contributed by atoms with van der Waals surface area (Å²) in [4.78, 5) is 3.64. The summed E-state index contributed by atoms with van der Waals surface area (Å²) in [6.07, 6.45) is -1.84. The third-order valence-corrected chi connectivity index (χ3v) is 4.41. The molecule has 0 aliphatic heterocycles. The summed E-state index contributed by atoms with van der Waals surface area (Å²) >= 11 is 0. The predicted octanol–water partition coefficient (Wildman–Crippen LogP) is 3.93. The number of nitrogens with two attached hydrogens (primary N) is 2. The third-order valence-electron chi connectivity index (χ3n) is 4.41. The summed E-state index contributed by atoms with van der Waals surface area (Å²) < 4.78 is 71.8. The number of aromatic hydroxyl groups is 1. The van der Waals surface area contributed by atoms with Crippen molar-refractivity contribution in [3.63, 3.8) is 0 Å². The highest BCUT2D eigenvalue weighted by atomic mass is 19.1. The van der Waals surface area contributed by atoms with Gasteiger partial charge in [-0.2, -0.15) is 13.8 Å². The number of ether oxygens (including phenoxy) is 3. The number of hydrogen-bond acceptors (Lipinski definition) is 7. The number of benzene rings is 2. The van der Waals surface area contributed by atoms with Crippen molar-refractivity contribution in [1.82, 2.24) is 4.98 Å². The molecule has 0 unspecified atom stereocenters. The molecular weight excluding hydrogens is 488 g/mol. The second kappa shape index (κ2) is 11.1. The van der Waals surface area contributed by atoms with E-state index >= 15 is 8.78 Å². The number of pyridine rings is 1. The number of nitrogens with zero attached hydrogens (tertiary/aromatic N) is 1. The van der Waals surface area contributed by atoms with Crippen LogP contribution in [0.4, 0.5) is 23.2 Å². The number of anilines is 1. The fraction of sp³-hybridized carbons (Fsp3) is 0.136. The first-order chi connectivity index (χ1) is 17.1. The molecule has 2 aromatic carbocycles. The van der Waals surface area contributed by atoms with Crippen LogP contribution in [0.3, 0.4) is 0 Å². The van der Waals surface area contributed by atoms with Crippen LogP contribution in [0.1, 0.15) is 5.56 Å². The zero-order valence-electron chi connectivity index (χ0n) is 18.3. The molecule has 36 heavy (non-hydrogen) atoms. The molecule has 0 bridgehead atoms. The number of alkyl halides is 2. The van der Waals surface area contributed by atoms with Crippen molar-refractivity contribution in [2.45, 2.75) is 6.10 Å². The lowest BCUT2D eigenvalue weighted by molar-refractivity contribution is 0.120. The van der Waals surface area contributed by atoms with E-state index in [9.17, 15) is 13.9 Å². The van der Waals surface area contributed by atoms with Gasteiger partial charge in [-0.05, 0) is 30.3 Å². The van der Waals surface area contributed by atoms with Gasteiger partial charge in [-0.25, -0.2) is 8.78 Å².